The minimum Gasteiger partial charge on any atom is -0.492 e. The SMILES string of the molecule is CC(C)COc1ccccc1C(=O)NC(=S)N(CCC(N)=O)CCc1ccccc1. The summed E-state index contributed by atoms with van der Waals surface area (Å²) in [5.74, 6) is 0.0911. The van der Waals surface area contributed by atoms with Crippen LogP contribution in [0.2, 0.25) is 0 Å². The highest BCUT2D eigenvalue weighted by Crippen LogP contribution is 2.19. The number of benzene rings is 2. The summed E-state index contributed by atoms with van der Waals surface area (Å²) in [7, 11) is 0. The van der Waals surface area contributed by atoms with Crippen LogP contribution >= 0.6 is 12.2 Å². The summed E-state index contributed by atoms with van der Waals surface area (Å²) in [6, 6.07) is 17.0. The number of carbonyl (C=O) groups is 2. The Labute approximate surface area is 183 Å². The van der Waals surface area contributed by atoms with Gasteiger partial charge in [0.1, 0.15) is 5.75 Å². The number of para-hydroxylation sites is 1. The topological polar surface area (TPSA) is 84.7 Å². The van der Waals surface area contributed by atoms with Crippen molar-refractivity contribution in [3.8, 4) is 5.75 Å². The van der Waals surface area contributed by atoms with E-state index >= 15 is 0 Å². The van der Waals surface area contributed by atoms with Gasteiger partial charge in [0.15, 0.2) is 5.11 Å². The first kappa shape index (κ1) is 23.3. The molecule has 0 atom stereocenters. The molecular formula is C23H29N3O3S. The molecular weight excluding hydrogens is 398 g/mol. The number of amides is 2. The maximum atomic E-state index is 12.8. The predicted octanol–water partition coefficient (Wildman–Crippen LogP) is 3.16. The van der Waals surface area contributed by atoms with Crippen LogP contribution in [0.1, 0.15) is 36.2 Å². The fourth-order valence-corrected chi connectivity index (χ4v) is 3.02. The second-order valence-corrected chi connectivity index (χ2v) is 7.79. The van der Waals surface area contributed by atoms with Gasteiger partial charge in [-0.3, -0.25) is 14.9 Å². The van der Waals surface area contributed by atoms with Crippen LogP contribution in [-0.4, -0.2) is 41.5 Å². The molecule has 0 radical (unpaired) electrons. The standard InChI is InChI=1S/C23H29N3O3S/c1-17(2)16-29-20-11-7-6-10-19(20)22(28)25-23(30)26(15-13-21(24)27)14-12-18-8-4-3-5-9-18/h3-11,17H,12-16H2,1-2H3,(H2,24,27)(H,25,28,30). The van der Waals surface area contributed by atoms with Crippen LogP contribution in [0, 0.1) is 5.92 Å². The average molecular weight is 428 g/mol. The molecule has 0 spiro atoms. The molecule has 0 heterocycles. The average Bonchev–Trinajstić information content (AvgIpc) is 2.72. The van der Waals surface area contributed by atoms with Crippen molar-refractivity contribution in [3.63, 3.8) is 0 Å². The molecule has 0 aliphatic heterocycles. The highest BCUT2D eigenvalue weighted by atomic mass is 32.1. The lowest BCUT2D eigenvalue weighted by Crippen LogP contribution is -2.44. The van der Waals surface area contributed by atoms with E-state index in [2.05, 4.69) is 5.32 Å². The van der Waals surface area contributed by atoms with Crippen LogP contribution in [0.15, 0.2) is 54.6 Å². The molecule has 3 N–H and O–H groups in total. The van der Waals surface area contributed by atoms with Crippen molar-refractivity contribution in [2.45, 2.75) is 26.7 Å². The zero-order valence-electron chi connectivity index (χ0n) is 17.5. The van der Waals surface area contributed by atoms with Crippen molar-refractivity contribution < 1.29 is 14.3 Å². The number of ether oxygens (including phenoxy) is 1. The van der Waals surface area contributed by atoms with E-state index in [1.165, 1.54) is 0 Å². The molecule has 0 aromatic heterocycles. The number of hydrogen-bond donors (Lipinski definition) is 2. The number of thiocarbonyl (C=S) groups is 1. The highest BCUT2D eigenvalue weighted by molar-refractivity contribution is 7.80. The summed E-state index contributed by atoms with van der Waals surface area (Å²) in [6.45, 7) is 5.49. The van der Waals surface area contributed by atoms with Crippen LogP contribution < -0.4 is 15.8 Å². The molecule has 2 aromatic carbocycles. The molecule has 2 aromatic rings. The second-order valence-electron chi connectivity index (χ2n) is 7.40. The van der Waals surface area contributed by atoms with Crippen molar-refractivity contribution in [3.05, 3.63) is 65.7 Å². The molecule has 160 valence electrons. The fourth-order valence-electron chi connectivity index (χ4n) is 2.75. The first-order chi connectivity index (χ1) is 14.4. The summed E-state index contributed by atoms with van der Waals surface area (Å²) in [6.07, 6.45) is 0.878. The van der Waals surface area contributed by atoms with Gasteiger partial charge in [0, 0.05) is 19.5 Å². The zero-order valence-corrected chi connectivity index (χ0v) is 18.3. The Morgan fingerprint density at radius 2 is 1.73 bits per heavy atom. The van der Waals surface area contributed by atoms with Gasteiger partial charge in [0.05, 0.1) is 12.2 Å². The van der Waals surface area contributed by atoms with E-state index in [0.29, 0.717) is 36.9 Å². The van der Waals surface area contributed by atoms with Crippen LogP contribution in [0.25, 0.3) is 0 Å². The van der Waals surface area contributed by atoms with E-state index in [1.807, 2.05) is 50.2 Å². The minimum absolute atomic E-state index is 0.152. The highest BCUT2D eigenvalue weighted by Gasteiger charge is 2.18. The molecule has 6 nitrogen and oxygen atoms in total. The van der Waals surface area contributed by atoms with Gasteiger partial charge in [-0.2, -0.15) is 0 Å². The summed E-state index contributed by atoms with van der Waals surface area (Å²) < 4.78 is 5.77. The Bertz CT molecular complexity index is 856. The molecule has 0 unspecified atom stereocenters. The third-order valence-electron chi connectivity index (χ3n) is 4.35. The second kappa shape index (κ2) is 11.9. The van der Waals surface area contributed by atoms with Crippen molar-refractivity contribution in [2.75, 3.05) is 19.7 Å². The Kier molecular flexibility index (Phi) is 9.28. The largest absolute Gasteiger partial charge is 0.492 e. The third-order valence-corrected chi connectivity index (χ3v) is 4.71. The number of nitrogens with zero attached hydrogens (tertiary/aromatic N) is 1. The summed E-state index contributed by atoms with van der Waals surface area (Å²) in [4.78, 5) is 25.9. The molecule has 7 heteroatoms. The van der Waals surface area contributed by atoms with Gasteiger partial charge in [0.25, 0.3) is 5.91 Å². The summed E-state index contributed by atoms with van der Waals surface area (Å²) in [5.41, 5.74) is 6.86. The van der Waals surface area contributed by atoms with Gasteiger partial charge in [0.2, 0.25) is 5.91 Å². The van der Waals surface area contributed by atoms with Gasteiger partial charge in [-0.15, -0.1) is 0 Å². The Balaban J connectivity index is 2.06. The predicted molar refractivity (Wildman–Crippen MR) is 122 cm³/mol. The zero-order chi connectivity index (χ0) is 21.9. The summed E-state index contributed by atoms with van der Waals surface area (Å²) >= 11 is 5.47. The van der Waals surface area contributed by atoms with Crippen LogP contribution in [-0.2, 0) is 11.2 Å². The number of rotatable bonds is 10. The normalized spacial score (nSPS) is 10.5. The van der Waals surface area contributed by atoms with E-state index in [4.69, 9.17) is 22.7 Å². The lowest BCUT2D eigenvalue weighted by atomic mass is 10.1. The van der Waals surface area contributed by atoms with E-state index in [0.717, 1.165) is 12.0 Å². The quantitative estimate of drug-likeness (QED) is 0.569. The Hall–Kier alpha value is -2.93. The molecule has 2 amide bonds. The summed E-state index contributed by atoms with van der Waals surface area (Å²) in [5, 5.41) is 3.03. The fraction of sp³-hybridized carbons (Fsp3) is 0.348. The molecule has 0 aliphatic carbocycles. The molecule has 0 saturated heterocycles. The van der Waals surface area contributed by atoms with Gasteiger partial charge < -0.3 is 15.4 Å². The van der Waals surface area contributed by atoms with E-state index in [1.54, 1.807) is 23.1 Å². The first-order valence-corrected chi connectivity index (χ1v) is 10.4. The molecule has 0 bridgehead atoms. The molecule has 30 heavy (non-hydrogen) atoms. The van der Waals surface area contributed by atoms with Gasteiger partial charge in [-0.05, 0) is 42.3 Å². The molecule has 0 fully saturated rings. The Morgan fingerprint density at radius 3 is 2.40 bits per heavy atom. The maximum Gasteiger partial charge on any atom is 0.261 e. The van der Waals surface area contributed by atoms with Crippen molar-refractivity contribution >= 4 is 29.1 Å². The number of primary amides is 1. The number of nitrogens with one attached hydrogen (secondary N) is 1. The molecule has 0 saturated carbocycles. The molecule has 2 rings (SSSR count). The monoisotopic (exact) mass is 427 g/mol. The van der Waals surface area contributed by atoms with Crippen molar-refractivity contribution in [2.24, 2.45) is 11.7 Å². The number of carbonyl (C=O) groups excluding carboxylic acids is 2. The number of hydrogen-bond acceptors (Lipinski definition) is 4. The third kappa shape index (κ3) is 7.83. The first-order valence-electron chi connectivity index (χ1n) is 10.0. The smallest absolute Gasteiger partial charge is 0.261 e. The minimum atomic E-state index is -0.415. The van der Waals surface area contributed by atoms with E-state index < -0.39 is 5.91 Å². The van der Waals surface area contributed by atoms with Crippen molar-refractivity contribution in [1.82, 2.24) is 10.2 Å². The van der Waals surface area contributed by atoms with Gasteiger partial charge >= 0.3 is 0 Å². The van der Waals surface area contributed by atoms with E-state index in [9.17, 15) is 9.59 Å². The Morgan fingerprint density at radius 1 is 1.07 bits per heavy atom. The number of nitrogens with two attached hydrogens (primary N) is 1. The van der Waals surface area contributed by atoms with Gasteiger partial charge in [-0.1, -0.05) is 56.3 Å². The van der Waals surface area contributed by atoms with Crippen molar-refractivity contribution in [1.29, 1.82) is 0 Å². The van der Waals surface area contributed by atoms with Crippen LogP contribution in [0.4, 0.5) is 0 Å². The van der Waals surface area contributed by atoms with Gasteiger partial charge in [-0.25, -0.2) is 0 Å². The van der Waals surface area contributed by atoms with E-state index in [-0.39, 0.29) is 17.4 Å². The lowest BCUT2D eigenvalue weighted by Gasteiger charge is -2.25. The maximum absolute atomic E-state index is 12.8. The lowest BCUT2D eigenvalue weighted by molar-refractivity contribution is -0.118. The molecule has 0 aliphatic rings. The van der Waals surface area contributed by atoms with Crippen LogP contribution in [0.3, 0.4) is 0 Å². The van der Waals surface area contributed by atoms with Crippen LogP contribution in [0.5, 0.6) is 5.75 Å².